The third-order valence-corrected chi connectivity index (χ3v) is 29.0. The molecule has 0 amide bonds. The predicted molar refractivity (Wildman–Crippen MR) is 487 cm³/mol. The number of thiophene rings is 3. The molecule has 0 aliphatic carbocycles. The van der Waals surface area contributed by atoms with Crippen LogP contribution in [-0.4, -0.2) is 54.1 Å². The molecule has 18 rings (SSSR count). The summed E-state index contributed by atoms with van der Waals surface area (Å²) in [6, 6.07) is 102. The molecule has 0 saturated carbocycles. The molecule has 579 valence electrons. The smallest absolute Gasteiger partial charge is 0.0794 e. The first kappa shape index (κ1) is 87.5. The van der Waals surface area contributed by atoms with Gasteiger partial charge >= 0.3 is 0 Å². The van der Waals surface area contributed by atoms with Crippen molar-refractivity contribution >= 4 is 134 Å². The van der Waals surface area contributed by atoms with Gasteiger partial charge in [0.15, 0.2) is 0 Å². The average molecular weight is 2120 g/mol. The van der Waals surface area contributed by atoms with Crippen LogP contribution in [0.1, 0.15) is 33.4 Å². The Morgan fingerprint density at radius 1 is 0.254 bits per heavy atom. The molecule has 0 aliphatic heterocycles. The second-order valence-corrected chi connectivity index (χ2v) is 49.4. The first-order valence-corrected chi connectivity index (χ1v) is 50.4. The SMILES string of the molecule is Cc1ccc(-c2[c-]cccc2)nc1.Cc1ccc(-c2[c-]cccc2)nc1.Cc1ccc(-c2[c-]cccc2)nc1.Cc1ccnc(-c2[c-]ccc3c2sc2c([Si](C)(C)C)cccc23)c1.Cc1ccnc(-c2[c-]ccc3c2sc2cc([Si](C)(C)C)ccc23)c1.Cc1ccnc(-c2[c-]ccc3c2sc2ccc([Si](C)(C)C)cc23)c1.[Ir].[Ir].[Ir]. The fourth-order valence-corrected chi connectivity index (χ4v) is 21.5. The summed E-state index contributed by atoms with van der Waals surface area (Å²) in [5.41, 5.74) is 19.7. The van der Waals surface area contributed by atoms with Crippen molar-refractivity contribution in [1.82, 2.24) is 29.9 Å². The maximum Gasteiger partial charge on any atom is 0.0794 e. The van der Waals surface area contributed by atoms with E-state index in [1.165, 1.54) is 104 Å². The van der Waals surface area contributed by atoms with Crippen LogP contribution in [0.4, 0.5) is 0 Å². The van der Waals surface area contributed by atoms with Gasteiger partial charge in [-0.05, 0) is 158 Å². The zero-order valence-corrected chi connectivity index (χ0v) is 79.5. The molecule has 18 aromatic rings. The molecule has 6 nitrogen and oxygen atoms in total. The molecule has 9 aromatic carbocycles. The van der Waals surface area contributed by atoms with Gasteiger partial charge in [0.25, 0.3) is 0 Å². The van der Waals surface area contributed by atoms with Crippen LogP contribution in [0, 0.1) is 77.9 Å². The molecule has 0 atom stereocenters. The molecule has 0 fully saturated rings. The summed E-state index contributed by atoms with van der Waals surface area (Å²) in [5.74, 6) is 0. The second kappa shape index (κ2) is 39.2. The van der Waals surface area contributed by atoms with Crippen molar-refractivity contribution < 1.29 is 60.3 Å². The Balaban J connectivity index is 0.000000147. The first-order valence-electron chi connectivity index (χ1n) is 37.5. The summed E-state index contributed by atoms with van der Waals surface area (Å²) in [6.45, 7) is 34.1. The Hall–Kier alpha value is -8.86. The van der Waals surface area contributed by atoms with E-state index in [1.54, 1.807) is 5.19 Å². The van der Waals surface area contributed by atoms with Crippen molar-refractivity contribution in [1.29, 1.82) is 0 Å². The van der Waals surface area contributed by atoms with E-state index in [-0.39, 0.29) is 60.3 Å². The van der Waals surface area contributed by atoms with E-state index in [9.17, 15) is 0 Å². The fourth-order valence-electron chi connectivity index (χ4n) is 12.9. The Morgan fingerprint density at radius 2 is 0.632 bits per heavy atom. The molecular weight excluding hydrogens is 2030 g/mol. The summed E-state index contributed by atoms with van der Waals surface area (Å²) < 4.78 is 8.05. The second-order valence-electron chi connectivity index (χ2n) is 31.1. The summed E-state index contributed by atoms with van der Waals surface area (Å²) in [7, 11) is -3.99. The van der Waals surface area contributed by atoms with Crippen LogP contribution in [0.15, 0.2) is 274 Å². The van der Waals surface area contributed by atoms with Gasteiger partial charge in [-0.3, -0.25) is 0 Å². The van der Waals surface area contributed by atoms with E-state index >= 15 is 0 Å². The van der Waals surface area contributed by atoms with Crippen LogP contribution in [0.5, 0.6) is 0 Å². The molecule has 9 aromatic heterocycles. The first-order chi connectivity index (χ1) is 53.4. The Labute approximate surface area is 728 Å². The van der Waals surface area contributed by atoms with Crippen molar-refractivity contribution in [3.8, 4) is 67.5 Å². The number of aromatic nitrogens is 6. The van der Waals surface area contributed by atoms with E-state index in [2.05, 4.69) is 255 Å². The zero-order chi connectivity index (χ0) is 78.0. The topological polar surface area (TPSA) is 77.3 Å². The molecule has 0 aliphatic rings. The van der Waals surface area contributed by atoms with Crippen molar-refractivity contribution in [2.45, 2.75) is 100 Å². The Bertz CT molecular complexity index is 5960. The number of fused-ring (bicyclic) bond motifs is 9. The normalized spacial score (nSPS) is 11.1. The quantitative estimate of drug-likeness (QED) is 0.106. The number of benzene rings is 9. The van der Waals surface area contributed by atoms with Gasteiger partial charge in [0.2, 0.25) is 0 Å². The molecule has 9 heterocycles. The van der Waals surface area contributed by atoms with Gasteiger partial charge in [-0.2, -0.15) is 34.0 Å². The van der Waals surface area contributed by atoms with Gasteiger partial charge in [-0.1, -0.05) is 199 Å². The number of pyridine rings is 6. The summed E-state index contributed by atoms with van der Waals surface area (Å²) in [5, 5.41) is 12.6. The monoisotopic (exact) mass is 2120 g/mol. The number of aryl methyl sites for hydroxylation is 6. The Morgan fingerprint density at radius 3 is 1.01 bits per heavy atom. The van der Waals surface area contributed by atoms with Crippen molar-refractivity contribution in [2.24, 2.45) is 0 Å². The Kier molecular flexibility index (Phi) is 30.1. The van der Waals surface area contributed by atoms with Crippen molar-refractivity contribution in [2.75, 3.05) is 0 Å². The number of nitrogens with zero attached hydrogens (tertiary/aromatic N) is 6. The van der Waals surface area contributed by atoms with E-state index in [0.29, 0.717) is 0 Å². The third-order valence-electron chi connectivity index (χ3n) is 19.1. The van der Waals surface area contributed by atoms with E-state index in [4.69, 9.17) is 0 Å². The van der Waals surface area contributed by atoms with Gasteiger partial charge in [0.1, 0.15) is 0 Å². The molecule has 0 unspecified atom stereocenters. The van der Waals surface area contributed by atoms with Gasteiger partial charge in [0.05, 0.1) is 24.2 Å². The zero-order valence-electron chi connectivity index (χ0n) is 66.9. The average Bonchev–Trinajstić information content (AvgIpc) is 1.62. The number of hydrogen-bond donors (Lipinski definition) is 0. The molecule has 0 bridgehead atoms. The molecule has 15 heteroatoms. The van der Waals surface area contributed by atoms with Crippen LogP contribution in [-0.2, 0) is 60.3 Å². The maximum atomic E-state index is 4.59. The molecule has 3 radical (unpaired) electrons. The molecule has 0 N–H and O–H groups in total. The van der Waals surface area contributed by atoms with Gasteiger partial charge in [-0.25, -0.2) is 0 Å². The predicted octanol–water partition coefficient (Wildman–Crippen LogP) is 25.9. The van der Waals surface area contributed by atoms with Gasteiger partial charge in [-0.15, -0.1) is 179 Å². The summed E-state index contributed by atoms with van der Waals surface area (Å²) >= 11 is 5.63. The van der Waals surface area contributed by atoms with Gasteiger partial charge < -0.3 is 29.9 Å². The van der Waals surface area contributed by atoms with E-state index < -0.39 is 24.2 Å². The van der Waals surface area contributed by atoms with Crippen molar-refractivity contribution in [3.63, 3.8) is 0 Å². The van der Waals surface area contributed by atoms with E-state index in [1.807, 2.05) is 219 Å². The van der Waals surface area contributed by atoms with Crippen LogP contribution in [0.25, 0.3) is 128 Å². The van der Waals surface area contributed by atoms with Gasteiger partial charge in [0, 0.05) is 112 Å². The van der Waals surface area contributed by atoms with Crippen molar-refractivity contribution in [3.05, 3.63) is 344 Å². The third kappa shape index (κ3) is 21.6. The minimum Gasteiger partial charge on any atom is -0.305 e. The number of hydrogen-bond acceptors (Lipinski definition) is 9. The number of rotatable bonds is 9. The summed E-state index contributed by atoms with van der Waals surface area (Å²) in [6.07, 6.45) is 11.3. The van der Waals surface area contributed by atoms with E-state index in [0.717, 1.165) is 67.5 Å². The van der Waals surface area contributed by atoms with Crippen LogP contribution < -0.4 is 15.6 Å². The molecular formula is C99H90Ir3N6S3Si3-6. The van der Waals surface area contributed by atoms with Crippen LogP contribution >= 0.6 is 34.0 Å². The standard InChI is InChI=1S/3C21H20NSSi.3C12H10N.3Ir/c1-14-11-12-22-18(13-14)17-9-5-7-15-16-8-6-10-19(24(2,3)4)21(16)23-20(15)17;1-14-10-11-22-19(12-14)18-7-5-6-17-16-9-8-15(24(2,3)4)13-20(16)23-21(17)18;1-14-10-11-22-19(12-14)17-7-5-6-16-18-13-15(24(2,3)4)8-9-20(18)23-21(16)17;3*1-10-7-8-12(13-9-10)11-5-3-2-4-6-11;;;/h5-8,10-13H,1-4H3;2*5-6,8-13H,1-4H3;3*2-5,7-9H,1H3;;;/q6*-1;;;. The van der Waals surface area contributed by atoms with Crippen LogP contribution in [0.3, 0.4) is 0 Å². The fraction of sp³-hybridized carbons (Fsp3) is 0.152. The molecule has 114 heavy (non-hydrogen) atoms. The van der Waals surface area contributed by atoms with Crippen LogP contribution in [0.2, 0.25) is 58.9 Å². The molecule has 0 spiro atoms. The minimum absolute atomic E-state index is 0. The minimum atomic E-state index is -1.38. The maximum absolute atomic E-state index is 4.59. The summed E-state index contributed by atoms with van der Waals surface area (Å²) in [4.78, 5) is 26.7. The molecule has 0 saturated heterocycles. The largest absolute Gasteiger partial charge is 0.305 e.